The maximum Gasteiger partial charge on any atom is 0.234 e. The standard InChI is InChI=1S/C14H19ClN2OS/c1-9(2)17-14(18)8-16-12-5-6-19-13-4-3-10(15)7-11(12)13/h3-4,7,9,12,16H,5-6,8H2,1-2H3,(H,17,18). The lowest BCUT2D eigenvalue weighted by Crippen LogP contribution is -2.39. The van der Waals surface area contributed by atoms with Crippen LogP contribution < -0.4 is 10.6 Å². The molecule has 1 aliphatic heterocycles. The minimum atomic E-state index is 0.0387. The highest BCUT2D eigenvalue weighted by atomic mass is 35.5. The van der Waals surface area contributed by atoms with Crippen LogP contribution in [0, 0.1) is 0 Å². The Morgan fingerprint density at radius 1 is 1.53 bits per heavy atom. The van der Waals surface area contributed by atoms with E-state index in [-0.39, 0.29) is 18.0 Å². The normalized spacial score (nSPS) is 18.2. The number of hydrogen-bond donors (Lipinski definition) is 2. The van der Waals surface area contributed by atoms with Crippen LogP contribution in [0.2, 0.25) is 5.02 Å². The van der Waals surface area contributed by atoms with Gasteiger partial charge in [0, 0.05) is 22.0 Å². The van der Waals surface area contributed by atoms with Gasteiger partial charge in [-0.25, -0.2) is 0 Å². The molecule has 1 heterocycles. The van der Waals surface area contributed by atoms with E-state index in [2.05, 4.69) is 16.7 Å². The monoisotopic (exact) mass is 298 g/mol. The van der Waals surface area contributed by atoms with Gasteiger partial charge in [0.15, 0.2) is 0 Å². The Kier molecular flexibility index (Phi) is 5.13. The van der Waals surface area contributed by atoms with Gasteiger partial charge in [-0.1, -0.05) is 11.6 Å². The van der Waals surface area contributed by atoms with Crippen LogP contribution in [0.25, 0.3) is 0 Å². The average molecular weight is 299 g/mol. The molecule has 1 aliphatic rings. The maximum absolute atomic E-state index is 11.7. The second kappa shape index (κ2) is 6.64. The summed E-state index contributed by atoms with van der Waals surface area (Å²) in [5.41, 5.74) is 1.21. The van der Waals surface area contributed by atoms with Crippen LogP contribution in [0.3, 0.4) is 0 Å². The van der Waals surface area contributed by atoms with E-state index in [1.807, 2.05) is 37.7 Å². The lowest BCUT2D eigenvalue weighted by Gasteiger charge is -2.26. The predicted octanol–water partition coefficient (Wildman–Crippen LogP) is 2.99. The lowest BCUT2D eigenvalue weighted by atomic mass is 10.0. The molecule has 1 aromatic carbocycles. The molecule has 5 heteroatoms. The van der Waals surface area contributed by atoms with Crippen LogP contribution in [0.1, 0.15) is 31.9 Å². The Morgan fingerprint density at radius 2 is 2.32 bits per heavy atom. The van der Waals surface area contributed by atoms with Crippen molar-refractivity contribution in [3.63, 3.8) is 0 Å². The zero-order valence-electron chi connectivity index (χ0n) is 11.2. The zero-order valence-corrected chi connectivity index (χ0v) is 12.8. The number of thioether (sulfide) groups is 1. The maximum atomic E-state index is 11.7. The second-order valence-electron chi connectivity index (χ2n) is 4.97. The van der Waals surface area contributed by atoms with Crippen molar-refractivity contribution in [2.75, 3.05) is 12.3 Å². The molecular weight excluding hydrogens is 280 g/mol. The second-order valence-corrected chi connectivity index (χ2v) is 6.55. The lowest BCUT2D eigenvalue weighted by molar-refractivity contribution is -0.120. The smallest absolute Gasteiger partial charge is 0.234 e. The average Bonchev–Trinajstić information content (AvgIpc) is 2.35. The van der Waals surface area contributed by atoms with Gasteiger partial charge in [0.05, 0.1) is 6.54 Å². The third-order valence-electron chi connectivity index (χ3n) is 2.97. The van der Waals surface area contributed by atoms with Gasteiger partial charge in [-0.3, -0.25) is 4.79 Å². The van der Waals surface area contributed by atoms with E-state index in [1.54, 1.807) is 0 Å². The van der Waals surface area contributed by atoms with E-state index < -0.39 is 0 Å². The van der Waals surface area contributed by atoms with Crippen molar-refractivity contribution < 1.29 is 4.79 Å². The minimum Gasteiger partial charge on any atom is -0.353 e. The SMILES string of the molecule is CC(C)NC(=O)CNC1CCSc2ccc(Cl)cc21. The van der Waals surface area contributed by atoms with Gasteiger partial charge >= 0.3 is 0 Å². The van der Waals surface area contributed by atoms with Crippen LogP contribution in [0.5, 0.6) is 0 Å². The quantitative estimate of drug-likeness (QED) is 0.898. The highest BCUT2D eigenvalue weighted by Crippen LogP contribution is 2.37. The van der Waals surface area contributed by atoms with E-state index >= 15 is 0 Å². The molecule has 0 aromatic heterocycles. The third kappa shape index (κ3) is 4.13. The highest BCUT2D eigenvalue weighted by molar-refractivity contribution is 7.99. The van der Waals surface area contributed by atoms with E-state index in [4.69, 9.17) is 11.6 Å². The summed E-state index contributed by atoms with van der Waals surface area (Å²) in [6.07, 6.45) is 1.02. The summed E-state index contributed by atoms with van der Waals surface area (Å²) in [5.74, 6) is 1.11. The van der Waals surface area contributed by atoms with Gasteiger partial charge in [0.1, 0.15) is 0 Å². The first kappa shape index (κ1) is 14.7. The van der Waals surface area contributed by atoms with Crippen molar-refractivity contribution in [2.45, 2.75) is 37.2 Å². The van der Waals surface area contributed by atoms with Crippen LogP contribution in [0.4, 0.5) is 0 Å². The number of benzene rings is 1. The Bertz CT molecular complexity index is 465. The number of carbonyl (C=O) groups excluding carboxylic acids is 1. The summed E-state index contributed by atoms with van der Waals surface area (Å²) >= 11 is 7.90. The fraction of sp³-hybridized carbons (Fsp3) is 0.500. The molecule has 104 valence electrons. The van der Waals surface area contributed by atoms with Crippen molar-refractivity contribution >= 4 is 29.3 Å². The van der Waals surface area contributed by atoms with Crippen molar-refractivity contribution in [3.8, 4) is 0 Å². The number of hydrogen-bond acceptors (Lipinski definition) is 3. The molecule has 3 nitrogen and oxygen atoms in total. The number of amides is 1. The van der Waals surface area contributed by atoms with E-state index in [1.165, 1.54) is 10.5 Å². The molecule has 2 rings (SSSR count). The van der Waals surface area contributed by atoms with E-state index in [9.17, 15) is 4.79 Å². The van der Waals surface area contributed by atoms with Crippen molar-refractivity contribution in [2.24, 2.45) is 0 Å². The van der Waals surface area contributed by atoms with Gasteiger partial charge in [-0.2, -0.15) is 0 Å². The van der Waals surface area contributed by atoms with Gasteiger partial charge in [-0.05, 0) is 49.8 Å². The number of carbonyl (C=O) groups is 1. The molecule has 0 spiro atoms. The largest absolute Gasteiger partial charge is 0.353 e. The van der Waals surface area contributed by atoms with Crippen LogP contribution in [0.15, 0.2) is 23.1 Å². The molecular formula is C14H19ClN2OS. The summed E-state index contributed by atoms with van der Waals surface area (Å²) in [6, 6.07) is 6.37. The summed E-state index contributed by atoms with van der Waals surface area (Å²) in [5, 5.41) is 6.96. The van der Waals surface area contributed by atoms with E-state index in [0.717, 1.165) is 17.2 Å². The summed E-state index contributed by atoms with van der Waals surface area (Å²) in [7, 11) is 0. The fourth-order valence-electron chi connectivity index (χ4n) is 2.17. The molecule has 0 bridgehead atoms. The number of halogens is 1. The third-order valence-corrected chi connectivity index (χ3v) is 4.33. The van der Waals surface area contributed by atoms with Crippen molar-refractivity contribution in [1.29, 1.82) is 0 Å². The van der Waals surface area contributed by atoms with Gasteiger partial charge in [-0.15, -0.1) is 11.8 Å². The molecule has 1 amide bonds. The number of rotatable bonds is 4. The van der Waals surface area contributed by atoms with Gasteiger partial charge in [0.25, 0.3) is 0 Å². The molecule has 1 atom stereocenters. The molecule has 0 radical (unpaired) electrons. The van der Waals surface area contributed by atoms with Crippen LogP contribution in [-0.2, 0) is 4.79 Å². The molecule has 0 aliphatic carbocycles. The molecule has 0 saturated carbocycles. The first-order chi connectivity index (χ1) is 9.06. The van der Waals surface area contributed by atoms with Crippen molar-refractivity contribution in [3.05, 3.63) is 28.8 Å². The molecule has 19 heavy (non-hydrogen) atoms. The van der Waals surface area contributed by atoms with Crippen molar-refractivity contribution in [1.82, 2.24) is 10.6 Å². The molecule has 0 saturated heterocycles. The summed E-state index contributed by atoms with van der Waals surface area (Å²) in [6.45, 7) is 4.27. The van der Waals surface area contributed by atoms with Crippen LogP contribution >= 0.6 is 23.4 Å². The molecule has 1 unspecified atom stereocenters. The predicted molar refractivity (Wildman–Crippen MR) is 80.8 cm³/mol. The fourth-order valence-corrected chi connectivity index (χ4v) is 3.45. The highest BCUT2D eigenvalue weighted by Gasteiger charge is 2.21. The Balaban J connectivity index is 1.99. The Morgan fingerprint density at radius 3 is 3.05 bits per heavy atom. The van der Waals surface area contributed by atoms with Crippen LogP contribution in [-0.4, -0.2) is 24.2 Å². The Labute approximate surface area is 123 Å². The topological polar surface area (TPSA) is 41.1 Å². The molecule has 0 fully saturated rings. The Hall–Kier alpha value is -0.710. The van der Waals surface area contributed by atoms with Gasteiger partial charge in [0.2, 0.25) is 5.91 Å². The zero-order chi connectivity index (χ0) is 13.8. The summed E-state index contributed by atoms with van der Waals surface area (Å²) < 4.78 is 0. The first-order valence-electron chi connectivity index (χ1n) is 6.51. The first-order valence-corrected chi connectivity index (χ1v) is 7.87. The number of fused-ring (bicyclic) bond motifs is 1. The number of nitrogens with one attached hydrogen (secondary N) is 2. The molecule has 2 N–H and O–H groups in total. The summed E-state index contributed by atoms with van der Waals surface area (Å²) in [4.78, 5) is 12.9. The molecule has 1 aromatic rings. The van der Waals surface area contributed by atoms with E-state index in [0.29, 0.717) is 6.54 Å². The van der Waals surface area contributed by atoms with Gasteiger partial charge < -0.3 is 10.6 Å². The minimum absolute atomic E-state index is 0.0387.